The SMILES string of the molecule is CC(C)(C)OC(=O)N[C@@H](C[C@@H]1CCNC1=O)C(=O)C=[N+]=[N-]. The molecule has 1 saturated heterocycles. The molecule has 0 unspecified atom stereocenters. The molecule has 1 aliphatic heterocycles. The third-order valence-corrected chi connectivity index (χ3v) is 2.90. The molecule has 1 rings (SSSR count). The third-order valence-electron chi connectivity index (χ3n) is 2.90. The summed E-state index contributed by atoms with van der Waals surface area (Å²) in [5.41, 5.74) is 7.74. The molecule has 1 heterocycles. The molecule has 0 radical (unpaired) electrons. The number of rotatable bonds is 5. The number of ketones is 1. The Kier molecular flexibility index (Phi) is 5.60. The van der Waals surface area contributed by atoms with E-state index in [9.17, 15) is 14.4 Å². The average molecular weight is 296 g/mol. The molecule has 1 fully saturated rings. The molecular weight excluding hydrogens is 276 g/mol. The van der Waals surface area contributed by atoms with Gasteiger partial charge in [0, 0.05) is 12.5 Å². The molecule has 116 valence electrons. The van der Waals surface area contributed by atoms with Crippen LogP contribution in [0.15, 0.2) is 0 Å². The van der Waals surface area contributed by atoms with Gasteiger partial charge in [0.1, 0.15) is 11.6 Å². The first-order valence-electron chi connectivity index (χ1n) is 6.71. The lowest BCUT2D eigenvalue weighted by atomic mass is 9.96. The van der Waals surface area contributed by atoms with Crippen molar-refractivity contribution in [3.8, 4) is 0 Å². The minimum atomic E-state index is -0.968. The number of hydrogen-bond donors (Lipinski definition) is 2. The van der Waals surface area contributed by atoms with Crippen LogP contribution in [0.3, 0.4) is 0 Å². The Morgan fingerprint density at radius 2 is 2.24 bits per heavy atom. The molecule has 1 aliphatic rings. The minimum Gasteiger partial charge on any atom is -0.444 e. The van der Waals surface area contributed by atoms with Crippen LogP contribution >= 0.6 is 0 Å². The van der Waals surface area contributed by atoms with Gasteiger partial charge in [0.25, 0.3) is 5.78 Å². The third kappa shape index (κ3) is 5.74. The number of hydrogen-bond acceptors (Lipinski definition) is 4. The Hall–Kier alpha value is -2.21. The zero-order valence-electron chi connectivity index (χ0n) is 12.4. The van der Waals surface area contributed by atoms with Crippen molar-refractivity contribution < 1.29 is 23.9 Å². The molecule has 0 saturated carbocycles. The standard InChI is InChI=1S/C13H20N4O4/c1-13(2,3)21-12(20)17-9(10(18)7-16-14)6-8-4-5-15-11(8)19/h7-9H,4-6H2,1-3H3,(H,15,19)(H,17,20)/t8-,9-/m0/s1. The predicted molar refractivity (Wildman–Crippen MR) is 73.6 cm³/mol. The Labute approximate surface area is 122 Å². The van der Waals surface area contributed by atoms with E-state index in [1.54, 1.807) is 20.8 Å². The largest absolute Gasteiger partial charge is 0.444 e. The van der Waals surface area contributed by atoms with Crippen molar-refractivity contribution in [3.05, 3.63) is 5.53 Å². The van der Waals surface area contributed by atoms with Crippen LogP contribution in [-0.4, -0.2) is 47.0 Å². The van der Waals surface area contributed by atoms with Crippen LogP contribution in [-0.2, 0) is 14.3 Å². The van der Waals surface area contributed by atoms with E-state index in [0.29, 0.717) is 19.2 Å². The normalized spacial score (nSPS) is 19.2. The van der Waals surface area contributed by atoms with Crippen molar-refractivity contribution in [3.63, 3.8) is 0 Å². The lowest BCUT2D eigenvalue weighted by Crippen LogP contribution is -2.45. The van der Waals surface area contributed by atoms with Gasteiger partial charge in [0.05, 0.1) is 0 Å². The van der Waals surface area contributed by atoms with E-state index >= 15 is 0 Å². The van der Waals surface area contributed by atoms with Crippen molar-refractivity contribution in [2.45, 2.75) is 45.3 Å². The number of carbonyl (C=O) groups is 3. The minimum absolute atomic E-state index is 0.135. The van der Waals surface area contributed by atoms with E-state index in [-0.39, 0.29) is 18.2 Å². The molecule has 8 nitrogen and oxygen atoms in total. The zero-order valence-corrected chi connectivity index (χ0v) is 12.4. The second kappa shape index (κ2) is 6.99. The Morgan fingerprint density at radius 1 is 1.57 bits per heavy atom. The fraction of sp³-hybridized carbons (Fsp3) is 0.692. The molecule has 0 aromatic heterocycles. The Morgan fingerprint density at radius 3 is 2.71 bits per heavy atom. The van der Waals surface area contributed by atoms with Crippen LogP contribution in [0.5, 0.6) is 0 Å². The average Bonchev–Trinajstić information content (AvgIpc) is 2.72. The summed E-state index contributed by atoms with van der Waals surface area (Å²) in [4.78, 5) is 37.8. The van der Waals surface area contributed by atoms with Crippen LogP contribution in [0.4, 0.5) is 4.79 Å². The highest BCUT2D eigenvalue weighted by molar-refractivity contribution is 6.28. The van der Waals surface area contributed by atoms with Gasteiger partial charge in [-0.3, -0.25) is 9.59 Å². The maximum absolute atomic E-state index is 11.8. The molecule has 2 N–H and O–H groups in total. The van der Waals surface area contributed by atoms with Crippen molar-refractivity contribution in [1.29, 1.82) is 0 Å². The highest BCUT2D eigenvalue weighted by atomic mass is 16.6. The van der Waals surface area contributed by atoms with Crippen LogP contribution < -0.4 is 10.6 Å². The number of alkyl carbamates (subject to hydrolysis) is 1. The summed E-state index contributed by atoms with van der Waals surface area (Å²) in [6.07, 6.45) is 0.672. The van der Waals surface area contributed by atoms with Crippen molar-refractivity contribution in [1.82, 2.24) is 10.6 Å². The molecule has 0 aromatic carbocycles. The van der Waals surface area contributed by atoms with Crippen LogP contribution in [0, 0.1) is 5.92 Å². The number of Topliss-reactive ketones (excluding diaryl/α,β-unsaturated/α-hetero) is 1. The molecule has 2 atom stereocenters. The Bertz CT molecular complexity index is 477. The van der Waals surface area contributed by atoms with E-state index in [2.05, 4.69) is 15.4 Å². The number of nitrogens with zero attached hydrogens (tertiary/aromatic N) is 2. The maximum Gasteiger partial charge on any atom is 0.408 e. The summed E-state index contributed by atoms with van der Waals surface area (Å²) in [7, 11) is 0. The van der Waals surface area contributed by atoms with Crippen molar-refractivity contribution >= 4 is 24.0 Å². The molecule has 0 aliphatic carbocycles. The number of carbonyl (C=O) groups excluding carboxylic acids is 3. The zero-order chi connectivity index (χ0) is 16.0. The number of amides is 2. The maximum atomic E-state index is 11.8. The highest BCUT2D eigenvalue weighted by Gasteiger charge is 2.32. The fourth-order valence-corrected chi connectivity index (χ4v) is 2.00. The molecule has 8 heteroatoms. The van der Waals surface area contributed by atoms with Crippen molar-refractivity contribution in [2.24, 2.45) is 5.92 Å². The van der Waals surface area contributed by atoms with Crippen LogP contribution in [0.25, 0.3) is 5.53 Å². The summed E-state index contributed by atoms with van der Waals surface area (Å²) in [5, 5.41) is 5.07. The first kappa shape index (κ1) is 16.8. The van der Waals surface area contributed by atoms with Gasteiger partial charge < -0.3 is 20.9 Å². The Balaban J connectivity index is 2.72. The van der Waals surface area contributed by atoms with E-state index in [4.69, 9.17) is 10.3 Å². The first-order valence-corrected chi connectivity index (χ1v) is 6.71. The topological polar surface area (TPSA) is 121 Å². The van der Waals surface area contributed by atoms with Crippen molar-refractivity contribution in [2.75, 3.05) is 6.54 Å². The van der Waals surface area contributed by atoms with E-state index < -0.39 is 23.5 Å². The summed E-state index contributed by atoms with van der Waals surface area (Å²) in [6.45, 7) is 5.64. The van der Waals surface area contributed by atoms with Gasteiger partial charge >= 0.3 is 12.3 Å². The summed E-state index contributed by atoms with van der Waals surface area (Å²) < 4.78 is 5.08. The van der Waals surface area contributed by atoms with Gasteiger partial charge in [0.2, 0.25) is 5.91 Å². The van der Waals surface area contributed by atoms with Gasteiger partial charge in [-0.15, -0.1) is 0 Å². The number of ether oxygens (including phenoxy) is 1. The van der Waals surface area contributed by atoms with E-state index in [0.717, 1.165) is 0 Å². The molecule has 2 amide bonds. The van der Waals surface area contributed by atoms with E-state index in [1.807, 2.05) is 0 Å². The summed E-state index contributed by atoms with van der Waals surface area (Å²) in [5.74, 6) is -1.11. The molecule has 21 heavy (non-hydrogen) atoms. The molecule has 0 bridgehead atoms. The van der Waals surface area contributed by atoms with Crippen LogP contribution in [0.1, 0.15) is 33.6 Å². The second-order valence-electron chi connectivity index (χ2n) is 5.86. The quantitative estimate of drug-likeness (QED) is 0.430. The molecule has 0 spiro atoms. The highest BCUT2D eigenvalue weighted by Crippen LogP contribution is 2.17. The number of nitrogens with one attached hydrogen (secondary N) is 2. The van der Waals surface area contributed by atoms with E-state index in [1.165, 1.54) is 0 Å². The van der Waals surface area contributed by atoms with Gasteiger partial charge in [-0.2, -0.15) is 4.79 Å². The summed E-state index contributed by atoms with van der Waals surface area (Å²) >= 11 is 0. The summed E-state index contributed by atoms with van der Waals surface area (Å²) in [6, 6.07) is -0.968. The van der Waals surface area contributed by atoms with Crippen LogP contribution in [0.2, 0.25) is 0 Å². The molecule has 0 aromatic rings. The first-order chi connectivity index (χ1) is 9.73. The lowest BCUT2D eigenvalue weighted by Gasteiger charge is -2.22. The molecular formula is C13H20N4O4. The van der Waals surface area contributed by atoms with Gasteiger partial charge in [-0.25, -0.2) is 4.79 Å². The predicted octanol–water partition coefficient (Wildman–Crippen LogP) is 0.276. The fourth-order valence-electron chi connectivity index (χ4n) is 2.00. The second-order valence-corrected chi connectivity index (χ2v) is 5.86. The monoisotopic (exact) mass is 296 g/mol. The lowest BCUT2D eigenvalue weighted by molar-refractivity contribution is -0.123. The van der Waals surface area contributed by atoms with Gasteiger partial charge in [-0.1, -0.05) is 0 Å². The van der Waals surface area contributed by atoms with Gasteiger partial charge in [-0.05, 0) is 33.6 Å². The van der Waals surface area contributed by atoms with Gasteiger partial charge in [0.15, 0.2) is 0 Å². The smallest absolute Gasteiger partial charge is 0.408 e.